The second-order valence-electron chi connectivity index (χ2n) is 3.19. The molecule has 0 spiro atoms. The van der Waals surface area contributed by atoms with Crippen LogP contribution in [0.15, 0.2) is 22.8 Å². The third-order valence-electron chi connectivity index (χ3n) is 2.28. The molecule has 1 heterocycles. The van der Waals surface area contributed by atoms with Gasteiger partial charge in [-0.25, -0.2) is 0 Å². The number of rotatable bonds is 0. The number of hydrogen-bond acceptors (Lipinski definition) is 4. The summed E-state index contributed by atoms with van der Waals surface area (Å²) in [6.07, 6.45) is 3.53. The van der Waals surface area contributed by atoms with Gasteiger partial charge in [-0.15, -0.1) is 0 Å². The summed E-state index contributed by atoms with van der Waals surface area (Å²) in [4.78, 5) is 2.97. The predicted molar refractivity (Wildman–Crippen MR) is 55.5 cm³/mol. The van der Waals surface area contributed by atoms with E-state index >= 15 is 0 Å². The molecular formula is C8H9NO3S2. The molecule has 1 aliphatic carbocycles. The maximum Gasteiger partial charge on any atom is 0.217 e. The second-order valence-corrected chi connectivity index (χ2v) is 5.58. The van der Waals surface area contributed by atoms with Crippen LogP contribution in [0.2, 0.25) is 0 Å². The first-order chi connectivity index (χ1) is 6.59. The largest absolute Gasteiger partial charge is 0.364 e. The molecule has 1 aliphatic heterocycles. The summed E-state index contributed by atoms with van der Waals surface area (Å²) >= 11 is 0. The Labute approximate surface area is 85.9 Å². The highest BCUT2D eigenvalue weighted by Gasteiger charge is 2.27. The number of allylic oxidation sites excluding steroid dienone is 3. The van der Waals surface area contributed by atoms with Gasteiger partial charge in [-0.05, 0) is 12.2 Å². The van der Waals surface area contributed by atoms with E-state index in [1.54, 1.807) is 6.08 Å². The third-order valence-corrected chi connectivity index (χ3v) is 4.47. The number of hydrogen-bond donors (Lipinski definition) is 0. The van der Waals surface area contributed by atoms with Crippen LogP contribution in [-0.4, -0.2) is 35.3 Å². The zero-order valence-corrected chi connectivity index (χ0v) is 9.19. The average Bonchev–Trinajstić information content (AvgIpc) is 2.42. The topological polar surface area (TPSA) is 54.5 Å². The molecule has 1 atom stereocenters. The highest BCUT2D eigenvalue weighted by Crippen LogP contribution is 2.28. The van der Waals surface area contributed by atoms with E-state index < -0.39 is 21.1 Å². The summed E-state index contributed by atoms with van der Waals surface area (Å²) in [7, 11) is -1.34. The van der Waals surface area contributed by atoms with Gasteiger partial charge in [0.2, 0.25) is 10.3 Å². The standard InChI is InChI=1S/C8H9NO3S2/c1-9-5-13(10)8-3-2-6(14(11)12)4-7(8)9/h2-3H,4-5H2,1H3. The Morgan fingerprint density at radius 3 is 2.79 bits per heavy atom. The van der Waals surface area contributed by atoms with Crippen molar-refractivity contribution in [2.45, 2.75) is 6.42 Å². The molecule has 0 amide bonds. The molecule has 4 nitrogen and oxygen atoms in total. The molecule has 0 aromatic carbocycles. The quantitative estimate of drug-likeness (QED) is 0.545. The minimum atomic E-state index is -2.17. The Bertz CT molecular complexity index is 491. The minimum absolute atomic E-state index is 0.356. The molecule has 0 bridgehead atoms. The Morgan fingerprint density at radius 1 is 1.43 bits per heavy atom. The normalized spacial score (nSPS) is 25.6. The molecule has 76 valence electrons. The van der Waals surface area contributed by atoms with Crippen molar-refractivity contribution in [2.75, 3.05) is 12.9 Å². The van der Waals surface area contributed by atoms with Crippen molar-refractivity contribution in [1.29, 1.82) is 0 Å². The van der Waals surface area contributed by atoms with E-state index in [0.29, 0.717) is 17.2 Å². The minimum Gasteiger partial charge on any atom is -0.364 e. The van der Waals surface area contributed by atoms with Gasteiger partial charge in [-0.2, -0.15) is 8.42 Å². The van der Waals surface area contributed by atoms with Gasteiger partial charge in [0, 0.05) is 19.2 Å². The Morgan fingerprint density at radius 2 is 2.14 bits per heavy atom. The van der Waals surface area contributed by atoms with Crippen molar-refractivity contribution in [3.8, 4) is 0 Å². The first-order valence-corrected chi connectivity index (χ1v) is 6.45. The molecule has 0 N–H and O–H groups in total. The maximum atomic E-state index is 11.5. The van der Waals surface area contributed by atoms with Gasteiger partial charge in [0.15, 0.2) is 0 Å². The smallest absolute Gasteiger partial charge is 0.217 e. The summed E-state index contributed by atoms with van der Waals surface area (Å²) in [6.45, 7) is 0. The maximum absolute atomic E-state index is 11.5. The van der Waals surface area contributed by atoms with Gasteiger partial charge in [-0.1, -0.05) is 0 Å². The van der Waals surface area contributed by atoms with Crippen LogP contribution in [0.5, 0.6) is 0 Å². The van der Waals surface area contributed by atoms with Crippen molar-refractivity contribution >= 4 is 26.0 Å². The zero-order valence-electron chi connectivity index (χ0n) is 7.56. The lowest BCUT2D eigenvalue weighted by Gasteiger charge is -2.15. The monoisotopic (exact) mass is 231 g/mol. The Balaban J connectivity index is 2.48. The number of nitrogens with zero attached hydrogens (tertiary/aromatic N) is 1. The third kappa shape index (κ3) is 1.44. The summed E-state index contributed by atoms with van der Waals surface area (Å²) in [5, 5.41) is 0. The molecule has 0 radical (unpaired) electrons. The van der Waals surface area contributed by atoms with Crippen LogP contribution in [0.25, 0.3) is 0 Å². The first kappa shape index (κ1) is 9.67. The van der Waals surface area contributed by atoms with Crippen LogP contribution in [0.3, 0.4) is 0 Å². The van der Waals surface area contributed by atoms with E-state index in [1.165, 1.54) is 6.08 Å². The van der Waals surface area contributed by atoms with E-state index in [2.05, 4.69) is 0 Å². The fraction of sp³-hybridized carbons (Fsp3) is 0.375. The van der Waals surface area contributed by atoms with Crippen LogP contribution in [0.1, 0.15) is 6.42 Å². The fourth-order valence-corrected chi connectivity index (χ4v) is 3.34. The summed E-state index contributed by atoms with van der Waals surface area (Å²) in [5.74, 6) is 0.466. The van der Waals surface area contributed by atoms with Crippen molar-refractivity contribution < 1.29 is 12.6 Å². The highest BCUT2D eigenvalue weighted by molar-refractivity contribution is 7.89. The molecule has 14 heavy (non-hydrogen) atoms. The molecule has 2 aliphatic rings. The lowest BCUT2D eigenvalue weighted by molar-refractivity contribution is 0.490. The van der Waals surface area contributed by atoms with E-state index in [4.69, 9.17) is 0 Å². The van der Waals surface area contributed by atoms with Gasteiger partial charge in [-0.3, -0.25) is 4.21 Å². The van der Waals surface area contributed by atoms with E-state index in [-0.39, 0.29) is 0 Å². The van der Waals surface area contributed by atoms with Crippen molar-refractivity contribution in [2.24, 2.45) is 0 Å². The van der Waals surface area contributed by atoms with E-state index in [0.717, 1.165) is 10.6 Å². The lowest BCUT2D eigenvalue weighted by atomic mass is 10.1. The van der Waals surface area contributed by atoms with Gasteiger partial charge >= 0.3 is 0 Å². The van der Waals surface area contributed by atoms with Gasteiger partial charge < -0.3 is 4.90 Å². The molecule has 0 fully saturated rings. The van der Waals surface area contributed by atoms with Crippen LogP contribution in [0, 0.1) is 0 Å². The predicted octanol–water partition coefficient (Wildman–Crippen LogP) is -0.139. The summed E-state index contributed by atoms with van der Waals surface area (Å²) in [6, 6.07) is 0. The van der Waals surface area contributed by atoms with Crippen molar-refractivity contribution in [1.82, 2.24) is 4.90 Å². The lowest BCUT2D eigenvalue weighted by Crippen LogP contribution is -2.17. The molecule has 1 unspecified atom stereocenters. The molecule has 0 saturated heterocycles. The van der Waals surface area contributed by atoms with Crippen LogP contribution in [0.4, 0.5) is 0 Å². The SMILES string of the molecule is CN1CS(=O)C2=C1CC(=S(=O)=O)C=C2. The average molecular weight is 231 g/mol. The van der Waals surface area contributed by atoms with Crippen LogP contribution < -0.4 is 0 Å². The van der Waals surface area contributed by atoms with Crippen LogP contribution >= 0.6 is 0 Å². The summed E-state index contributed by atoms with van der Waals surface area (Å²) < 4.78 is 32.9. The zero-order chi connectivity index (χ0) is 10.3. The van der Waals surface area contributed by atoms with E-state index in [1.807, 2.05) is 11.9 Å². The molecule has 0 aromatic rings. The van der Waals surface area contributed by atoms with Gasteiger partial charge in [0.1, 0.15) is 0 Å². The van der Waals surface area contributed by atoms with Crippen molar-refractivity contribution in [3.05, 3.63) is 22.8 Å². The van der Waals surface area contributed by atoms with Crippen molar-refractivity contribution in [3.63, 3.8) is 0 Å². The fourth-order valence-electron chi connectivity index (χ4n) is 1.54. The van der Waals surface area contributed by atoms with Gasteiger partial charge in [0.25, 0.3) is 0 Å². The van der Waals surface area contributed by atoms with Gasteiger partial charge in [0.05, 0.1) is 26.4 Å². The molecule has 0 saturated carbocycles. The molecular weight excluding hydrogens is 222 g/mol. The van der Waals surface area contributed by atoms with Crippen LogP contribution in [-0.2, 0) is 21.1 Å². The second kappa shape index (κ2) is 3.36. The van der Waals surface area contributed by atoms with E-state index in [9.17, 15) is 12.6 Å². The molecule has 6 heteroatoms. The Hall–Kier alpha value is -0.880. The highest BCUT2D eigenvalue weighted by atomic mass is 32.2. The first-order valence-electron chi connectivity index (χ1n) is 4.05. The Kier molecular flexibility index (Phi) is 2.32. The molecule has 2 rings (SSSR count). The molecule has 0 aromatic heterocycles. The summed E-state index contributed by atoms with van der Waals surface area (Å²) in [5.41, 5.74) is 0.866.